The second kappa shape index (κ2) is 5.38. The quantitative estimate of drug-likeness (QED) is 0.837. The summed E-state index contributed by atoms with van der Waals surface area (Å²) < 4.78 is 10.6. The van der Waals surface area contributed by atoms with E-state index in [1.165, 1.54) is 12.8 Å². The van der Waals surface area contributed by atoms with E-state index in [4.69, 9.17) is 15.2 Å². The van der Waals surface area contributed by atoms with E-state index in [9.17, 15) is 0 Å². The number of hydrogen-bond donors (Lipinski definition) is 1. The van der Waals surface area contributed by atoms with Crippen LogP contribution < -0.4 is 20.1 Å². The first kappa shape index (κ1) is 12.9. The standard InChI is InChI=1S/C14H22N2O2/c1-10-4-6-16(7-5-10)12-9-14(18-3)13(17-2)8-11(12)15/h8-10H,4-7,15H2,1-3H3. The van der Waals surface area contributed by atoms with Gasteiger partial charge in [0.1, 0.15) is 0 Å². The molecule has 1 aromatic carbocycles. The van der Waals surface area contributed by atoms with Crippen LogP contribution in [0.1, 0.15) is 19.8 Å². The predicted molar refractivity (Wildman–Crippen MR) is 74.6 cm³/mol. The fourth-order valence-corrected chi connectivity index (χ4v) is 2.41. The average molecular weight is 250 g/mol. The van der Waals surface area contributed by atoms with Crippen molar-refractivity contribution in [3.8, 4) is 11.5 Å². The van der Waals surface area contributed by atoms with Crippen molar-refractivity contribution in [1.82, 2.24) is 0 Å². The van der Waals surface area contributed by atoms with E-state index in [0.717, 1.165) is 36.1 Å². The van der Waals surface area contributed by atoms with Gasteiger partial charge in [0.15, 0.2) is 11.5 Å². The van der Waals surface area contributed by atoms with Crippen molar-refractivity contribution in [3.05, 3.63) is 12.1 Å². The molecule has 0 unspecified atom stereocenters. The molecule has 0 amide bonds. The van der Waals surface area contributed by atoms with Gasteiger partial charge in [-0.1, -0.05) is 6.92 Å². The molecule has 0 bridgehead atoms. The SMILES string of the molecule is COc1cc(N)c(N2CCC(C)CC2)cc1OC. The lowest BCUT2D eigenvalue weighted by Crippen LogP contribution is -2.33. The van der Waals surface area contributed by atoms with Crippen LogP contribution in [-0.2, 0) is 0 Å². The van der Waals surface area contributed by atoms with Gasteiger partial charge in [-0.2, -0.15) is 0 Å². The average Bonchev–Trinajstić information content (AvgIpc) is 2.39. The highest BCUT2D eigenvalue weighted by molar-refractivity contribution is 5.73. The summed E-state index contributed by atoms with van der Waals surface area (Å²) in [5.41, 5.74) is 7.92. The Labute approximate surface area is 109 Å². The zero-order valence-corrected chi connectivity index (χ0v) is 11.4. The zero-order chi connectivity index (χ0) is 13.1. The Balaban J connectivity index is 2.27. The number of ether oxygens (including phenoxy) is 2. The van der Waals surface area contributed by atoms with Crippen LogP contribution in [0.25, 0.3) is 0 Å². The fraction of sp³-hybridized carbons (Fsp3) is 0.571. The van der Waals surface area contributed by atoms with Gasteiger partial charge in [0, 0.05) is 25.2 Å². The molecule has 18 heavy (non-hydrogen) atoms. The molecule has 1 aromatic rings. The summed E-state index contributed by atoms with van der Waals surface area (Å²) in [7, 11) is 3.27. The Hall–Kier alpha value is -1.58. The van der Waals surface area contributed by atoms with Gasteiger partial charge in [0.2, 0.25) is 0 Å². The van der Waals surface area contributed by atoms with Crippen molar-refractivity contribution in [2.45, 2.75) is 19.8 Å². The number of rotatable bonds is 3. The number of hydrogen-bond acceptors (Lipinski definition) is 4. The van der Waals surface area contributed by atoms with E-state index in [1.807, 2.05) is 12.1 Å². The number of methoxy groups -OCH3 is 2. The molecule has 0 saturated carbocycles. The first-order valence-electron chi connectivity index (χ1n) is 6.42. The Morgan fingerprint density at radius 2 is 1.67 bits per heavy atom. The van der Waals surface area contributed by atoms with Crippen LogP contribution in [-0.4, -0.2) is 27.3 Å². The molecule has 1 aliphatic heterocycles. The third-order valence-electron chi connectivity index (χ3n) is 3.66. The molecule has 4 heteroatoms. The van der Waals surface area contributed by atoms with Gasteiger partial charge in [-0.3, -0.25) is 0 Å². The number of nitrogens with zero attached hydrogens (tertiary/aromatic N) is 1. The zero-order valence-electron chi connectivity index (χ0n) is 11.4. The van der Waals surface area contributed by atoms with Crippen molar-refractivity contribution < 1.29 is 9.47 Å². The third kappa shape index (κ3) is 2.47. The van der Waals surface area contributed by atoms with Crippen molar-refractivity contribution in [3.63, 3.8) is 0 Å². The van der Waals surface area contributed by atoms with E-state index < -0.39 is 0 Å². The molecule has 0 radical (unpaired) electrons. The monoisotopic (exact) mass is 250 g/mol. The van der Waals surface area contributed by atoms with Gasteiger partial charge in [-0.25, -0.2) is 0 Å². The molecular weight excluding hydrogens is 228 g/mol. The van der Waals surface area contributed by atoms with Crippen molar-refractivity contribution in [2.75, 3.05) is 37.9 Å². The van der Waals surface area contributed by atoms with Gasteiger partial charge in [-0.15, -0.1) is 0 Å². The second-order valence-electron chi connectivity index (χ2n) is 4.94. The minimum atomic E-state index is 0.684. The number of benzene rings is 1. The molecule has 100 valence electrons. The minimum absolute atomic E-state index is 0.684. The third-order valence-corrected chi connectivity index (χ3v) is 3.66. The molecule has 2 N–H and O–H groups in total. The van der Waals surface area contributed by atoms with E-state index >= 15 is 0 Å². The maximum absolute atomic E-state index is 6.11. The second-order valence-corrected chi connectivity index (χ2v) is 4.94. The topological polar surface area (TPSA) is 47.7 Å². The highest BCUT2D eigenvalue weighted by Gasteiger charge is 2.19. The van der Waals surface area contributed by atoms with Gasteiger partial charge in [-0.05, 0) is 18.8 Å². The molecule has 2 rings (SSSR count). The van der Waals surface area contributed by atoms with Gasteiger partial charge >= 0.3 is 0 Å². The van der Waals surface area contributed by atoms with Crippen LogP contribution in [0.15, 0.2) is 12.1 Å². The van der Waals surface area contributed by atoms with Crippen molar-refractivity contribution in [1.29, 1.82) is 0 Å². The van der Waals surface area contributed by atoms with E-state index in [1.54, 1.807) is 14.2 Å². The van der Waals surface area contributed by atoms with Crippen LogP contribution in [0, 0.1) is 5.92 Å². The molecule has 0 atom stereocenters. The van der Waals surface area contributed by atoms with E-state index in [-0.39, 0.29) is 0 Å². The van der Waals surface area contributed by atoms with Crippen LogP contribution in [0.2, 0.25) is 0 Å². The summed E-state index contributed by atoms with van der Waals surface area (Å²) >= 11 is 0. The Morgan fingerprint density at radius 3 is 2.22 bits per heavy atom. The fourth-order valence-electron chi connectivity index (χ4n) is 2.41. The summed E-state index contributed by atoms with van der Waals surface area (Å²) in [6, 6.07) is 3.82. The molecule has 0 spiro atoms. The maximum atomic E-state index is 6.11. The maximum Gasteiger partial charge on any atom is 0.162 e. The lowest BCUT2D eigenvalue weighted by Gasteiger charge is -2.33. The van der Waals surface area contributed by atoms with Crippen molar-refractivity contribution in [2.24, 2.45) is 5.92 Å². The molecule has 1 fully saturated rings. The van der Waals surface area contributed by atoms with Crippen LogP contribution in [0.5, 0.6) is 11.5 Å². The predicted octanol–water partition coefficient (Wildman–Crippen LogP) is 2.52. The summed E-state index contributed by atoms with van der Waals surface area (Å²) in [5, 5.41) is 0. The molecule has 4 nitrogen and oxygen atoms in total. The summed E-state index contributed by atoms with van der Waals surface area (Å²) in [5.74, 6) is 2.23. The first-order chi connectivity index (χ1) is 8.65. The number of nitrogen functional groups attached to an aromatic ring is 1. The Kier molecular flexibility index (Phi) is 3.84. The van der Waals surface area contributed by atoms with Crippen molar-refractivity contribution >= 4 is 11.4 Å². The smallest absolute Gasteiger partial charge is 0.162 e. The van der Waals surface area contributed by atoms with E-state index in [2.05, 4.69) is 11.8 Å². The highest BCUT2D eigenvalue weighted by atomic mass is 16.5. The Bertz CT molecular complexity index is 413. The van der Waals surface area contributed by atoms with E-state index in [0.29, 0.717) is 5.75 Å². The largest absolute Gasteiger partial charge is 0.493 e. The highest BCUT2D eigenvalue weighted by Crippen LogP contribution is 2.37. The number of nitrogens with two attached hydrogens (primary N) is 1. The van der Waals surface area contributed by atoms with Crippen LogP contribution >= 0.6 is 0 Å². The number of piperidine rings is 1. The number of anilines is 2. The molecule has 1 heterocycles. The normalized spacial score (nSPS) is 16.7. The summed E-state index contributed by atoms with van der Waals surface area (Å²) in [6.45, 7) is 4.41. The molecule has 1 aliphatic rings. The summed E-state index contributed by atoms with van der Waals surface area (Å²) in [6.07, 6.45) is 2.43. The minimum Gasteiger partial charge on any atom is -0.493 e. The molecule has 1 saturated heterocycles. The van der Waals surface area contributed by atoms with Gasteiger partial charge in [0.25, 0.3) is 0 Å². The Morgan fingerprint density at radius 1 is 1.11 bits per heavy atom. The lowest BCUT2D eigenvalue weighted by molar-refractivity contribution is 0.355. The summed E-state index contributed by atoms with van der Waals surface area (Å²) in [4.78, 5) is 2.33. The lowest BCUT2D eigenvalue weighted by atomic mass is 9.98. The molecular formula is C14H22N2O2. The van der Waals surface area contributed by atoms with Gasteiger partial charge in [0.05, 0.1) is 25.6 Å². The molecule has 0 aromatic heterocycles. The van der Waals surface area contributed by atoms with Crippen LogP contribution in [0.3, 0.4) is 0 Å². The molecule has 0 aliphatic carbocycles. The first-order valence-corrected chi connectivity index (χ1v) is 6.42. The van der Waals surface area contributed by atoms with Gasteiger partial charge < -0.3 is 20.1 Å². The van der Waals surface area contributed by atoms with Crippen LogP contribution in [0.4, 0.5) is 11.4 Å².